The van der Waals surface area contributed by atoms with E-state index in [0.717, 1.165) is 19.4 Å². The summed E-state index contributed by atoms with van der Waals surface area (Å²) in [6.07, 6.45) is 2.23. The molecule has 0 aliphatic rings. The summed E-state index contributed by atoms with van der Waals surface area (Å²) in [7, 11) is 0. The summed E-state index contributed by atoms with van der Waals surface area (Å²) in [5.74, 6) is 0. The molecule has 1 nitrogen and oxygen atoms in total. The zero-order valence-corrected chi connectivity index (χ0v) is 13.7. The zero-order chi connectivity index (χ0) is 15.2. The lowest BCUT2D eigenvalue weighted by Gasteiger charge is -2.22. The van der Waals surface area contributed by atoms with Gasteiger partial charge in [0.25, 0.3) is 0 Å². The highest BCUT2D eigenvalue weighted by Crippen LogP contribution is 2.26. The largest absolute Gasteiger partial charge is 0.306 e. The van der Waals surface area contributed by atoms with Gasteiger partial charge in [0.1, 0.15) is 0 Å². The third-order valence-electron chi connectivity index (χ3n) is 4.04. The van der Waals surface area contributed by atoms with E-state index in [-0.39, 0.29) is 6.04 Å². The summed E-state index contributed by atoms with van der Waals surface area (Å²) in [4.78, 5) is 0. The first-order valence-corrected chi connectivity index (χ1v) is 8.05. The average molecular weight is 281 g/mol. The van der Waals surface area contributed by atoms with Gasteiger partial charge in [-0.05, 0) is 55.5 Å². The van der Waals surface area contributed by atoms with Gasteiger partial charge >= 0.3 is 0 Å². The van der Waals surface area contributed by atoms with Crippen LogP contribution in [-0.4, -0.2) is 6.54 Å². The van der Waals surface area contributed by atoms with Crippen molar-refractivity contribution in [3.63, 3.8) is 0 Å². The topological polar surface area (TPSA) is 12.0 Å². The standard InChI is InChI=1S/C20H27N/c1-5-12-21-20(18-9-7-8-17(6-2)14-18)19-13-15(3)10-11-16(19)4/h7-11,13-14,20-21H,5-6,12H2,1-4H3. The molecule has 2 aromatic rings. The second-order valence-electron chi connectivity index (χ2n) is 5.85. The van der Waals surface area contributed by atoms with Crippen LogP contribution in [0.4, 0.5) is 0 Å². The van der Waals surface area contributed by atoms with Crippen molar-refractivity contribution in [3.8, 4) is 0 Å². The second kappa shape index (κ2) is 7.42. The fourth-order valence-corrected chi connectivity index (χ4v) is 2.76. The molecule has 0 aromatic heterocycles. The van der Waals surface area contributed by atoms with E-state index in [1.807, 2.05) is 0 Å². The predicted molar refractivity (Wildman–Crippen MR) is 91.9 cm³/mol. The van der Waals surface area contributed by atoms with Crippen LogP contribution >= 0.6 is 0 Å². The molecular weight excluding hydrogens is 254 g/mol. The molecule has 0 aliphatic carbocycles. The van der Waals surface area contributed by atoms with E-state index >= 15 is 0 Å². The molecule has 0 radical (unpaired) electrons. The maximum atomic E-state index is 3.72. The van der Waals surface area contributed by atoms with E-state index in [2.05, 4.69) is 75.5 Å². The maximum absolute atomic E-state index is 3.72. The lowest BCUT2D eigenvalue weighted by molar-refractivity contribution is 0.595. The van der Waals surface area contributed by atoms with Gasteiger partial charge < -0.3 is 5.32 Å². The van der Waals surface area contributed by atoms with Crippen molar-refractivity contribution >= 4 is 0 Å². The van der Waals surface area contributed by atoms with E-state index < -0.39 is 0 Å². The molecule has 1 N–H and O–H groups in total. The number of aryl methyl sites for hydroxylation is 3. The predicted octanol–water partition coefficient (Wildman–Crippen LogP) is 4.95. The smallest absolute Gasteiger partial charge is 0.0579 e. The number of rotatable bonds is 6. The Hall–Kier alpha value is -1.60. The van der Waals surface area contributed by atoms with Crippen LogP contribution in [0, 0.1) is 13.8 Å². The van der Waals surface area contributed by atoms with Crippen molar-refractivity contribution < 1.29 is 0 Å². The Kier molecular flexibility index (Phi) is 5.58. The molecule has 0 heterocycles. The van der Waals surface area contributed by atoms with Gasteiger partial charge in [-0.15, -0.1) is 0 Å². The van der Waals surface area contributed by atoms with Crippen molar-refractivity contribution in [1.29, 1.82) is 0 Å². The van der Waals surface area contributed by atoms with Crippen LogP contribution in [0.1, 0.15) is 54.1 Å². The molecular formula is C20H27N. The van der Waals surface area contributed by atoms with Gasteiger partial charge in [0.2, 0.25) is 0 Å². The number of benzene rings is 2. The molecule has 2 rings (SSSR count). The highest BCUT2D eigenvalue weighted by atomic mass is 14.9. The summed E-state index contributed by atoms with van der Waals surface area (Å²) in [5, 5.41) is 3.72. The molecule has 0 spiro atoms. The second-order valence-corrected chi connectivity index (χ2v) is 5.85. The van der Waals surface area contributed by atoms with E-state index in [9.17, 15) is 0 Å². The Balaban J connectivity index is 2.44. The molecule has 0 saturated carbocycles. The lowest BCUT2D eigenvalue weighted by Crippen LogP contribution is -2.24. The molecule has 0 bridgehead atoms. The highest BCUT2D eigenvalue weighted by Gasteiger charge is 2.15. The lowest BCUT2D eigenvalue weighted by atomic mass is 9.92. The minimum absolute atomic E-state index is 0.288. The van der Waals surface area contributed by atoms with Crippen LogP contribution in [0.25, 0.3) is 0 Å². The maximum Gasteiger partial charge on any atom is 0.0579 e. The molecule has 1 atom stereocenters. The third-order valence-corrected chi connectivity index (χ3v) is 4.04. The Morgan fingerprint density at radius 2 is 1.81 bits per heavy atom. The quantitative estimate of drug-likeness (QED) is 0.789. The monoisotopic (exact) mass is 281 g/mol. The van der Waals surface area contributed by atoms with E-state index in [1.54, 1.807) is 0 Å². The van der Waals surface area contributed by atoms with Crippen molar-refractivity contribution in [3.05, 3.63) is 70.3 Å². The van der Waals surface area contributed by atoms with Crippen LogP contribution in [0.15, 0.2) is 42.5 Å². The molecule has 0 aliphatic heterocycles. The summed E-state index contributed by atoms with van der Waals surface area (Å²) >= 11 is 0. The number of nitrogens with one attached hydrogen (secondary N) is 1. The summed E-state index contributed by atoms with van der Waals surface area (Å²) in [6.45, 7) is 9.84. The van der Waals surface area contributed by atoms with Crippen LogP contribution in [0.3, 0.4) is 0 Å². The van der Waals surface area contributed by atoms with Gasteiger partial charge in [0.05, 0.1) is 6.04 Å². The van der Waals surface area contributed by atoms with Crippen LogP contribution in [-0.2, 0) is 6.42 Å². The Morgan fingerprint density at radius 3 is 2.52 bits per heavy atom. The first-order chi connectivity index (χ1) is 10.2. The van der Waals surface area contributed by atoms with Gasteiger partial charge in [-0.25, -0.2) is 0 Å². The van der Waals surface area contributed by atoms with E-state index in [1.165, 1.54) is 27.8 Å². The zero-order valence-electron chi connectivity index (χ0n) is 13.7. The molecule has 0 saturated heterocycles. The van der Waals surface area contributed by atoms with Crippen LogP contribution in [0.2, 0.25) is 0 Å². The Morgan fingerprint density at radius 1 is 1.00 bits per heavy atom. The van der Waals surface area contributed by atoms with Crippen molar-refractivity contribution in [2.75, 3.05) is 6.54 Å². The molecule has 21 heavy (non-hydrogen) atoms. The Bertz CT molecular complexity index is 586. The van der Waals surface area contributed by atoms with Crippen molar-refractivity contribution in [2.45, 2.75) is 46.6 Å². The van der Waals surface area contributed by atoms with Gasteiger partial charge in [0.15, 0.2) is 0 Å². The molecule has 0 amide bonds. The average Bonchev–Trinajstić information content (AvgIpc) is 2.51. The molecule has 2 aromatic carbocycles. The first kappa shape index (κ1) is 15.8. The fourth-order valence-electron chi connectivity index (χ4n) is 2.76. The molecule has 1 unspecified atom stereocenters. The molecule has 112 valence electrons. The normalized spacial score (nSPS) is 12.4. The number of hydrogen-bond donors (Lipinski definition) is 1. The fraction of sp³-hybridized carbons (Fsp3) is 0.400. The van der Waals surface area contributed by atoms with E-state index in [0.29, 0.717) is 0 Å². The SMILES string of the molecule is CCCNC(c1cccc(CC)c1)c1cc(C)ccc1C. The first-order valence-electron chi connectivity index (χ1n) is 8.05. The van der Waals surface area contributed by atoms with Gasteiger partial charge in [-0.3, -0.25) is 0 Å². The minimum atomic E-state index is 0.288. The van der Waals surface area contributed by atoms with Gasteiger partial charge in [0, 0.05) is 0 Å². The van der Waals surface area contributed by atoms with Gasteiger partial charge in [-0.2, -0.15) is 0 Å². The molecule has 0 fully saturated rings. The summed E-state index contributed by atoms with van der Waals surface area (Å²) < 4.78 is 0. The third kappa shape index (κ3) is 3.95. The molecule has 1 heteroatoms. The van der Waals surface area contributed by atoms with E-state index in [4.69, 9.17) is 0 Å². The minimum Gasteiger partial charge on any atom is -0.306 e. The van der Waals surface area contributed by atoms with Gasteiger partial charge in [-0.1, -0.05) is 61.9 Å². The van der Waals surface area contributed by atoms with Crippen molar-refractivity contribution in [2.24, 2.45) is 0 Å². The van der Waals surface area contributed by atoms with Crippen LogP contribution < -0.4 is 5.32 Å². The summed E-state index contributed by atoms with van der Waals surface area (Å²) in [5.41, 5.74) is 6.86. The van der Waals surface area contributed by atoms with Crippen molar-refractivity contribution in [1.82, 2.24) is 5.32 Å². The number of hydrogen-bond acceptors (Lipinski definition) is 1. The highest BCUT2D eigenvalue weighted by molar-refractivity contribution is 5.40. The summed E-state index contributed by atoms with van der Waals surface area (Å²) in [6, 6.07) is 16.0. The Labute approximate surface area is 129 Å². The van der Waals surface area contributed by atoms with Crippen LogP contribution in [0.5, 0.6) is 0 Å².